The highest BCUT2D eigenvalue weighted by Crippen LogP contribution is 2.30. The topological polar surface area (TPSA) is 42.0 Å². The van der Waals surface area contributed by atoms with Gasteiger partial charge in [0, 0.05) is 16.5 Å². The van der Waals surface area contributed by atoms with Crippen molar-refractivity contribution in [3.63, 3.8) is 0 Å². The maximum absolute atomic E-state index is 12.8. The van der Waals surface area contributed by atoms with Crippen LogP contribution in [0.5, 0.6) is 0 Å². The van der Waals surface area contributed by atoms with Crippen LogP contribution in [0, 0.1) is 20.8 Å². The molecule has 1 N–H and O–H groups in total. The first-order chi connectivity index (χ1) is 13.0. The first-order valence-electron chi connectivity index (χ1n) is 9.48. The summed E-state index contributed by atoms with van der Waals surface area (Å²) in [5.41, 5.74) is 8.89. The van der Waals surface area contributed by atoms with Crippen molar-refractivity contribution in [2.75, 3.05) is 5.32 Å². The molecule has 0 saturated carbocycles. The van der Waals surface area contributed by atoms with E-state index in [0.717, 1.165) is 34.4 Å². The molecule has 0 unspecified atom stereocenters. The Hall–Kier alpha value is -2.46. The normalized spacial score (nSPS) is 13.3. The third-order valence-corrected chi connectivity index (χ3v) is 6.03. The summed E-state index contributed by atoms with van der Waals surface area (Å²) in [5.74, 6) is -0.0867. The lowest BCUT2D eigenvalue weighted by Crippen LogP contribution is -2.15. The molecule has 0 bridgehead atoms. The number of hydrogen-bond donors (Lipinski definition) is 1. The minimum absolute atomic E-state index is 0.0867. The lowest BCUT2D eigenvalue weighted by atomic mass is 9.90. The summed E-state index contributed by atoms with van der Waals surface area (Å²) in [7, 11) is 0. The molecule has 27 heavy (non-hydrogen) atoms. The van der Waals surface area contributed by atoms with Gasteiger partial charge >= 0.3 is 0 Å². The molecule has 0 spiro atoms. The second-order valence-electron chi connectivity index (χ2n) is 7.46. The lowest BCUT2D eigenvalue weighted by molar-refractivity contribution is 0.102. The van der Waals surface area contributed by atoms with Gasteiger partial charge in [-0.15, -0.1) is 11.3 Å². The van der Waals surface area contributed by atoms with Crippen LogP contribution in [-0.2, 0) is 12.8 Å². The molecule has 0 radical (unpaired) electrons. The van der Waals surface area contributed by atoms with Gasteiger partial charge < -0.3 is 0 Å². The van der Waals surface area contributed by atoms with Crippen LogP contribution in [0.25, 0.3) is 11.3 Å². The van der Waals surface area contributed by atoms with E-state index in [9.17, 15) is 4.79 Å². The quantitative estimate of drug-likeness (QED) is 0.621. The predicted octanol–water partition coefficient (Wildman–Crippen LogP) is 5.87. The second kappa shape index (κ2) is 7.28. The molecule has 2 aromatic carbocycles. The summed E-state index contributed by atoms with van der Waals surface area (Å²) in [6.45, 7) is 6.01. The van der Waals surface area contributed by atoms with Crippen LogP contribution in [0.4, 0.5) is 5.13 Å². The third kappa shape index (κ3) is 3.67. The van der Waals surface area contributed by atoms with Gasteiger partial charge in [-0.1, -0.05) is 29.8 Å². The Morgan fingerprint density at radius 2 is 1.70 bits per heavy atom. The summed E-state index contributed by atoms with van der Waals surface area (Å²) in [6.07, 6.45) is 4.90. The number of aromatic nitrogens is 1. The largest absolute Gasteiger partial charge is 0.298 e. The van der Waals surface area contributed by atoms with E-state index in [2.05, 4.69) is 28.5 Å². The van der Waals surface area contributed by atoms with Crippen molar-refractivity contribution in [2.45, 2.75) is 46.5 Å². The molecule has 1 heterocycles. The number of hydrogen-bond acceptors (Lipinski definition) is 3. The monoisotopic (exact) mass is 376 g/mol. The van der Waals surface area contributed by atoms with E-state index in [4.69, 9.17) is 0 Å². The molecule has 1 aliphatic carbocycles. The standard InChI is InChI=1S/C23H24N2OS/c1-14-10-15(2)21(16(3)11-14)22(26)25-23-24-20(13-27-23)19-9-8-17-6-4-5-7-18(17)12-19/h8-13H,4-7H2,1-3H3,(H,24,25,26). The summed E-state index contributed by atoms with van der Waals surface area (Å²) < 4.78 is 0. The fourth-order valence-corrected chi connectivity index (χ4v) is 4.77. The third-order valence-electron chi connectivity index (χ3n) is 5.27. The summed E-state index contributed by atoms with van der Waals surface area (Å²) in [4.78, 5) is 17.4. The average Bonchev–Trinajstić information content (AvgIpc) is 3.09. The molecule has 1 amide bonds. The van der Waals surface area contributed by atoms with Gasteiger partial charge in [0.05, 0.1) is 5.69 Å². The Morgan fingerprint density at radius 1 is 1.00 bits per heavy atom. The van der Waals surface area contributed by atoms with Crippen molar-refractivity contribution in [3.8, 4) is 11.3 Å². The average molecular weight is 377 g/mol. The number of aryl methyl sites for hydroxylation is 5. The van der Waals surface area contributed by atoms with Crippen LogP contribution in [0.15, 0.2) is 35.7 Å². The molecule has 3 nitrogen and oxygen atoms in total. The number of fused-ring (bicyclic) bond motifs is 1. The number of carbonyl (C=O) groups is 1. The molecule has 0 fully saturated rings. The van der Waals surface area contributed by atoms with Crippen LogP contribution in [0.1, 0.15) is 51.0 Å². The van der Waals surface area contributed by atoms with Gasteiger partial charge in [0.25, 0.3) is 5.91 Å². The second-order valence-corrected chi connectivity index (χ2v) is 8.31. The van der Waals surface area contributed by atoms with E-state index in [0.29, 0.717) is 5.13 Å². The number of nitrogens with zero attached hydrogens (tertiary/aromatic N) is 1. The van der Waals surface area contributed by atoms with Crippen LogP contribution < -0.4 is 5.32 Å². The van der Waals surface area contributed by atoms with Gasteiger partial charge in [0.15, 0.2) is 5.13 Å². The van der Waals surface area contributed by atoms with E-state index >= 15 is 0 Å². The minimum Gasteiger partial charge on any atom is -0.298 e. The Kier molecular flexibility index (Phi) is 4.83. The zero-order chi connectivity index (χ0) is 19.0. The molecule has 138 valence electrons. The Bertz CT molecular complexity index is 996. The van der Waals surface area contributed by atoms with E-state index < -0.39 is 0 Å². The summed E-state index contributed by atoms with van der Waals surface area (Å²) in [5, 5.41) is 5.65. The first-order valence-corrected chi connectivity index (χ1v) is 10.4. The fraction of sp³-hybridized carbons (Fsp3) is 0.304. The number of anilines is 1. The zero-order valence-corrected chi connectivity index (χ0v) is 16.9. The summed E-state index contributed by atoms with van der Waals surface area (Å²) >= 11 is 1.48. The van der Waals surface area contributed by atoms with Gasteiger partial charge in [0.2, 0.25) is 0 Å². The number of rotatable bonds is 3. The van der Waals surface area contributed by atoms with Crippen LogP contribution >= 0.6 is 11.3 Å². The maximum Gasteiger partial charge on any atom is 0.257 e. The number of amides is 1. The number of benzene rings is 2. The molecule has 0 saturated heterocycles. The Morgan fingerprint density at radius 3 is 2.44 bits per heavy atom. The molecule has 1 aromatic heterocycles. The van der Waals surface area contributed by atoms with Crippen molar-refractivity contribution >= 4 is 22.4 Å². The molecule has 3 aromatic rings. The molecule has 0 aliphatic heterocycles. The van der Waals surface area contributed by atoms with Crippen molar-refractivity contribution in [1.82, 2.24) is 4.98 Å². The molecule has 4 rings (SSSR count). The zero-order valence-electron chi connectivity index (χ0n) is 16.1. The smallest absolute Gasteiger partial charge is 0.257 e. The Labute approximate surface area is 164 Å². The first kappa shape index (κ1) is 17.9. The van der Waals surface area contributed by atoms with Crippen molar-refractivity contribution in [2.24, 2.45) is 0 Å². The van der Waals surface area contributed by atoms with E-state index in [1.807, 2.05) is 38.3 Å². The van der Waals surface area contributed by atoms with Gasteiger partial charge in [-0.3, -0.25) is 10.1 Å². The predicted molar refractivity (Wildman–Crippen MR) is 113 cm³/mol. The number of nitrogens with one attached hydrogen (secondary N) is 1. The molecule has 4 heteroatoms. The van der Waals surface area contributed by atoms with Crippen molar-refractivity contribution in [3.05, 3.63) is 69.1 Å². The van der Waals surface area contributed by atoms with Crippen LogP contribution in [-0.4, -0.2) is 10.9 Å². The number of carbonyl (C=O) groups excluding carboxylic acids is 1. The molecule has 0 atom stereocenters. The van der Waals surface area contributed by atoms with E-state index in [-0.39, 0.29) is 5.91 Å². The summed E-state index contributed by atoms with van der Waals surface area (Å²) in [6, 6.07) is 10.7. The molecular formula is C23H24N2OS. The SMILES string of the molecule is Cc1cc(C)c(C(=O)Nc2nc(-c3ccc4c(c3)CCCC4)cs2)c(C)c1. The lowest BCUT2D eigenvalue weighted by Gasteiger charge is -2.16. The van der Waals surface area contributed by atoms with E-state index in [1.165, 1.54) is 47.3 Å². The van der Waals surface area contributed by atoms with E-state index in [1.54, 1.807) is 0 Å². The fourth-order valence-electron chi connectivity index (χ4n) is 4.05. The van der Waals surface area contributed by atoms with Gasteiger partial charge in [0.1, 0.15) is 0 Å². The maximum atomic E-state index is 12.8. The van der Waals surface area contributed by atoms with Gasteiger partial charge in [-0.25, -0.2) is 4.98 Å². The highest BCUT2D eigenvalue weighted by molar-refractivity contribution is 7.14. The van der Waals surface area contributed by atoms with Crippen LogP contribution in [0.2, 0.25) is 0 Å². The highest BCUT2D eigenvalue weighted by Gasteiger charge is 2.16. The van der Waals surface area contributed by atoms with Crippen molar-refractivity contribution in [1.29, 1.82) is 0 Å². The number of thiazole rings is 1. The molecule has 1 aliphatic rings. The van der Waals surface area contributed by atoms with Gasteiger partial charge in [-0.2, -0.15) is 0 Å². The Balaban J connectivity index is 1.56. The highest BCUT2D eigenvalue weighted by atomic mass is 32.1. The molecular weight excluding hydrogens is 352 g/mol. The van der Waals surface area contributed by atoms with Crippen LogP contribution in [0.3, 0.4) is 0 Å². The van der Waals surface area contributed by atoms with Crippen molar-refractivity contribution < 1.29 is 4.79 Å². The minimum atomic E-state index is -0.0867. The van der Waals surface area contributed by atoms with Gasteiger partial charge in [-0.05, 0) is 74.8 Å².